The molecule has 0 unspecified atom stereocenters. The van der Waals surface area contributed by atoms with E-state index < -0.39 is 5.91 Å². The number of rotatable bonds is 6. The Bertz CT molecular complexity index is 979. The number of fused-ring (bicyclic) bond motifs is 1. The van der Waals surface area contributed by atoms with Gasteiger partial charge in [-0.2, -0.15) is 0 Å². The number of carbonyl (C=O) groups is 1. The van der Waals surface area contributed by atoms with Crippen LogP contribution in [0.5, 0.6) is 23.0 Å². The van der Waals surface area contributed by atoms with Gasteiger partial charge in [0.15, 0.2) is 6.61 Å². The first-order valence-corrected chi connectivity index (χ1v) is 7.35. The van der Waals surface area contributed by atoms with Crippen LogP contribution in [0, 0.1) is 0 Å². The third-order valence-electron chi connectivity index (χ3n) is 3.36. The highest BCUT2D eigenvalue weighted by Crippen LogP contribution is 2.26. The summed E-state index contributed by atoms with van der Waals surface area (Å²) in [6.07, 6.45) is 1.22. The third-order valence-corrected chi connectivity index (χ3v) is 3.36. The predicted molar refractivity (Wildman–Crippen MR) is 90.2 cm³/mol. The number of ether oxygens (including phenoxy) is 3. The van der Waals surface area contributed by atoms with Crippen molar-refractivity contribution in [3.8, 4) is 23.0 Å². The van der Waals surface area contributed by atoms with E-state index in [0.29, 0.717) is 28.2 Å². The number of methoxy groups -OCH3 is 1. The summed E-state index contributed by atoms with van der Waals surface area (Å²) in [6, 6.07) is 11.5. The van der Waals surface area contributed by atoms with Crippen molar-refractivity contribution in [3.05, 3.63) is 59.0 Å². The summed E-state index contributed by atoms with van der Waals surface area (Å²) in [5, 5.41) is 0.326. The van der Waals surface area contributed by atoms with Gasteiger partial charge >= 0.3 is 0 Å². The maximum atomic E-state index is 12.5. The van der Waals surface area contributed by atoms with Crippen LogP contribution in [0.15, 0.2) is 57.9 Å². The molecule has 128 valence electrons. The summed E-state index contributed by atoms with van der Waals surface area (Å²) >= 11 is 0. The minimum absolute atomic E-state index is 0.0477. The molecule has 0 saturated heterocycles. The third kappa shape index (κ3) is 3.72. The molecule has 1 aromatic heterocycles. The molecule has 3 aromatic rings. The molecule has 1 heterocycles. The molecule has 3 rings (SSSR count). The first kappa shape index (κ1) is 16.4. The summed E-state index contributed by atoms with van der Waals surface area (Å²) < 4.78 is 21.3. The Labute approximate surface area is 142 Å². The number of primary amides is 1. The quantitative estimate of drug-likeness (QED) is 0.739. The fourth-order valence-electron chi connectivity index (χ4n) is 2.20. The van der Waals surface area contributed by atoms with Gasteiger partial charge < -0.3 is 24.4 Å². The molecule has 0 atom stereocenters. The summed E-state index contributed by atoms with van der Waals surface area (Å²) in [5.41, 5.74) is 5.01. The highest BCUT2D eigenvalue weighted by molar-refractivity contribution is 5.79. The standard InChI is InChI=1S/C18H15NO6/c1-22-11-3-2-4-13(7-11)25-16-9-24-15-8-12(23-10-17(19)20)5-6-14(15)18(16)21/h2-9H,10H2,1H3,(H2,19,20). The lowest BCUT2D eigenvalue weighted by Crippen LogP contribution is -2.20. The summed E-state index contributed by atoms with van der Waals surface area (Å²) in [6.45, 7) is -0.257. The fourth-order valence-corrected chi connectivity index (χ4v) is 2.20. The van der Waals surface area contributed by atoms with Crippen LogP contribution < -0.4 is 25.4 Å². The Morgan fingerprint density at radius 2 is 1.92 bits per heavy atom. The SMILES string of the molecule is COc1cccc(Oc2coc3cc(OCC(N)=O)ccc3c2=O)c1. The molecule has 7 heteroatoms. The second-order valence-corrected chi connectivity index (χ2v) is 5.12. The van der Waals surface area contributed by atoms with Crippen molar-refractivity contribution in [1.29, 1.82) is 0 Å². The second-order valence-electron chi connectivity index (χ2n) is 5.12. The van der Waals surface area contributed by atoms with Gasteiger partial charge in [0.05, 0.1) is 12.5 Å². The van der Waals surface area contributed by atoms with Crippen molar-refractivity contribution in [3.63, 3.8) is 0 Å². The molecule has 0 spiro atoms. The van der Waals surface area contributed by atoms with Gasteiger partial charge in [0.25, 0.3) is 5.91 Å². The molecule has 0 bridgehead atoms. The van der Waals surface area contributed by atoms with E-state index in [1.165, 1.54) is 18.4 Å². The van der Waals surface area contributed by atoms with E-state index in [1.54, 1.807) is 37.4 Å². The topological polar surface area (TPSA) is 101 Å². The van der Waals surface area contributed by atoms with Crippen molar-refractivity contribution in [2.75, 3.05) is 13.7 Å². The van der Waals surface area contributed by atoms with Gasteiger partial charge in [-0.1, -0.05) is 6.07 Å². The molecule has 2 aromatic carbocycles. The maximum absolute atomic E-state index is 12.5. The zero-order valence-electron chi connectivity index (χ0n) is 13.4. The van der Waals surface area contributed by atoms with Crippen molar-refractivity contribution in [2.24, 2.45) is 5.73 Å². The minimum atomic E-state index is -0.594. The van der Waals surface area contributed by atoms with Gasteiger partial charge in [0.1, 0.15) is 29.1 Å². The Morgan fingerprint density at radius 1 is 1.12 bits per heavy atom. The number of amides is 1. The first-order chi connectivity index (χ1) is 12.1. The number of nitrogens with two attached hydrogens (primary N) is 1. The van der Waals surface area contributed by atoms with Crippen LogP contribution in [0.25, 0.3) is 11.0 Å². The number of benzene rings is 2. The lowest BCUT2D eigenvalue weighted by Gasteiger charge is -2.08. The Balaban J connectivity index is 1.90. The second kappa shape index (κ2) is 6.96. The zero-order valence-corrected chi connectivity index (χ0v) is 13.4. The first-order valence-electron chi connectivity index (χ1n) is 7.35. The average molecular weight is 341 g/mol. The normalized spacial score (nSPS) is 10.4. The van der Waals surface area contributed by atoms with Crippen molar-refractivity contribution >= 4 is 16.9 Å². The van der Waals surface area contributed by atoms with Gasteiger partial charge in [-0.3, -0.25) is 9.59 Å². The highest BCUT2D eigenvalue weighted by atomic mass is 16.5. The lowest BCUT2D eigenvalue weighted by atomic mass is 10.2. The summed E-state index contributed by atoms with van der Waals surface area (Å²) in [4.78, 5) is 23.3. The number of hydrogen-bond acceptors (Lipinski definition) is 6. The fraction of sp³-hybridized carbons (Fsp3) is 0.111. The molecule has 0 radical (unpaired) electrons. The predicted octanol–water partition coefficient (Wildman–Crippen LogP) is 2.46. The molecule has 0 aliphatic rings. The Hall–Kier alpha value is -3.48. The molecule has 7 nitrogen and oxygen atoms in total. The molecule has 1 amide bonds. The monoisotopic (exact) mass is 341 g/mol. The van der Waals surface area contributed by atoms with Crippen LogP contribution in [-0.4, -0.2) is 19.6 Å². The zero-order chi connectivity index (χ0) is 17.8. The van der Waals surface area contributed by atoms with Gasteiger partial charge in [-0.25, -0.2) is 0 Å². The Kier molecular flexibility index (Phi) is 4.56. The minimum Gasteiger partial charge on any atom is -0.497 e. The molecular formula is C18H15NO6. The van der Waals surface area contributed by atoms with Gasteiger partial charge in [-0.05, 0) is 24.3 Å². The van der Waals surface area contributed by atoms with Crippen LogP contribution in [0.2, 0.25) is 0 Å². The van der Waals surface area contributed by atoms with E-state index >= 15 is 0 Å². The maximum Gasteiger partial charge on any atom is 0.255 e. The van der Waals surface area contributed by atoms with Gasteiger partial charge in [-0.15, -0.1) is 0 Å². The Morgan fingerprint density at radius 3 is 2.68 bits per heavy atom. The number of hydrogen-bond donors (Lipinski definition) is 1. The van der Waals surface area contributed by atoms with E-state index in [2.05, 4.69) is 0 Å². The van der Waals surface area contributed by atoms with E-state index in [0.717, 1.165) is 0 Å². The molecule has 0 fully saturated rings. The molecule has 0 saturated carbocycles. The molecule has 2 N–H and O–H groups in total. The van der Waals surface area contributed by atoms with Crippen LogP contribution in [-0.2, 0) is 4.79 Å². The van der Waals surface area contributed by atoms with Crippen LogP contribution in [0.1, 0.15) is 0 Å². The molecule has 0 aliphatic carbocycles. The van der Waals surface area contributed by atoms with E-state index in [4.69, 9.17) is 24.4 Å². The summed E-state index contributed by atoms with van der Waals surface area (Å²) in [5.74, 6) is 0.886. The van der Waals surface area contributed by atoms with Crippen molar-refractivity contribution in [1.82, 2.24) is 0 Å². The summed E-state index contributed by atoms with van der Waals surface area (Å²) in [7, 11) is 1.54. The number of carbonyl (C=O) groups excluding carboxylic acids is 1. The van der Waals surface area contributed by atoms with E-state index in [9.17, 15) is 9.59 Å². The van der Waals surface area contributed by atoms with Crippen LogP contribution in [0.3, 0.4) is 0 Å². The van der Waals surface area contributed by atoms with E-state index in [1.807, 2.05) is 0 Å². The largest absolute Gasteiger partial charge is 0.497 e. The van der Waals surface area contributed by atoms with Crippen LogP contribution in [0.4, 0.5) is 0 Å². The highest BCUT2D eigenvalue weighted by Gasteiger charge is 2.11. The smallest absolute Gasteiger partial charge is 0.255 e. The van der Waals surface area contributed by atoms with Crippen molar-refractivity contribution in [2.45, 2.75) is 0 Å². The lowest BCUT2D eigenvalue weighted by molar-refractivity contribution is -0.119. The molecular weight excluding hydrogens is 326 g/mol. The van der Waals surface area contributed by atoms with Crippen molar-refractivity contribution < 1.29 is 23.4 Å². The van der Waals surface area contributed by atoms with Gasteiger partial charge in [0, 0.05) is 12.1 Å². The van der Waals surface area contributed by atoms with Gasteiger partial charge in [0.2, 0.25) is 11.2 Å². The van der Waals surface area contributed by atoms with Crippen LogP contribution >= 0.6 is 0 Å². The average Bonchev–Trinajstić information content (AvgIpc) is 2.62. The molecule has 0 aliphatic heterocycles. The van der Waals surface area contributed by atoms with E-state index in [-0.39, 0.29) is 17.8 Å². The molecule has 25 heavy (non-hydrogen) atoms.